The number of carbonyl (C=O) groups is 2. The van der Waals surface area contributed by atoms with E-state index < -0.39 is 36.3 Å². The molecule has 0 spiro atoms. The van der Waals surface area contributed by atoms with Gasteiger partial charge in [0.1, 0.15) is 6.04 Å². The zero-order valence-corrected chi connectivity index (χ0v) is 19.9. The lowest BCUT2D eigenvalue weighted by atomic mass is 9.95. The number of alkyl halides is 3. The molecule has 0 saturated carbocycles. The molecule has 0 fully saturated rings. The molecule has 0 radical (unpaired) electrons. The van der Waals surface area contributed by atoms with Crippen LogP contribution < -0.4 is 10.2 Å². The van der Waals surface area contributed by atoms with Gasteiger partial charge in [-0.1, -0.05) is 18.2 Å². The standard InChI is InChI=1S/C25H18F3N7O3/c1-14-20(12-30)22(17-8-6-16(11-29)7-9-17)35-24(32-23(33-35)31-21(37)13-38-15(2)36)34(14)19-5-3-4-18(10-19)25(26,27)28/h3-10,22H,13H2,1-2H3,(H,31,33,37)/t22-/m1/s1. The van der Waals surface area contributed by atoms with Gasteiger partial charge in [-0.3, -0.25) is 19.8 Å². The van der Waals surface area contributed by atoms with Crippen LogP contribution in [0.4, 0.5) is 30.8 Å². The van der Waals surface area contributed by atoms with Crippen LogP contribution in [0.3, 0.4) is 0 Å². The molecule has 192 valence electrons. The number of ether oxygens (including phenoxy) is 1. The topological polar surface area (TPSA) is 137 Å². The summed E-state index contributed by atoms with van der Waals surface area (Å²) < 4.78 is 46.4. The summed E-state index contributed by atoms with van der Waals surface area (Å²) in [5, 5.41) is 25.9. The highest BCUT2D eigenvalue weighted by atomic mass is 19.4. The fourth-order valence-electron chi connectivity index (χ4n) is 3.93. The zero-order valence-electron chi connectivity index (χ0n) is 19.9. The van der Waals surface area contributed by atoms with Crippen LogP contribution in [0.5, 0.6) is 0 Å². The van der Waals surface area contributed by atoms with Crippen molar-refractivity contribution in [2.45, 2.75) is 26.1 Å². The number of allylic oxidation sites excluding steroid dienone is 2. The van der Waals surface area contributed by atoms with Gasteiger partial charge >= 0.3 is 12.1 Å². The molecule has 10 nitrogen and oxygen atoms in total. The van der Waals surface area contributed by atoms with Crippen LogP contribution in [0.15, 0.2) is 59.8 Å². The van der Waals surface area contributed by atoms with E-state index in [1.807, 2.05) is 6.07 Å². The number of hydrogen-bond donors (Lipinski definition) is 1. The van der Waals surface area contributed by atoms with Crippen molar-refractivity contribution in [2.24, 2.45) is 0 Å². The molecule has 0 unspecified atom stereocenters. The van der Waals surface area contributed by atoms with Gasteiger partial charge in [0, 0.05) is 18.3 Å². The van der Waals surface area contributed by atoms with Crippen molar-refractivity contribution in [3.8, 4) is 12.1 Å². The number of amides is 1. The molecule has 1 amide bonds. The number of esters is 1. The minimum Gasteiger partial charge on any atom is -0.456 e. The molecule has 38 heavy (non-hydrogen) atoms. The zero-order chi connectivity index (χ0) is 27.6. The Balaban J connectivity index is 1.87. The molecule has 1 N–H and O–H groups in total. The summed E-state index contributed by atoms with van der Waals surface area (Å²) in [5.74, 6) is -1.61. The third-order valence-electron chi connectivity index (χ3n) is 5.62. The van der Waals surface area contributed by atoms with Gasteiger partial charge in [0.2, 0.25) is 5.95 Å². The number of fused-ring (bicyclic) bond motifs is 1. The van der Waals surface area contributed by atoms with Crippen LogP contribution in [0.25, 0.3) is 0 Å². The van der Waals surface area contributed by atoms with Crippen LogP contribution in [-0.2, 0) is 20.5 Å². The molecule has 0 bridgehead atoms. The van der Waals surface area contributed by atoms with Crippen LogP contribution in [-0.4, -0.2) is 33.2 Å². The third-order valence-corrected chi connectivity index (χ3v) is 5.62. The normalized spacial score (nSPS) is 14.8. The maximum Gasteiger partial charge on any atom is 0.416 e. The highest BCUT2D eigenvalue weighted by Gasteiger charge is 2.37. The Labute approximate surface area is 214 Å². The summed E-state index contributed by atoms with van der Waals surface area (Å²) in [6.45, 7) is 2.09. The van der Waals surface area contributed by atoms with E-state index in [-0.39, 0.29) is 23.2 Å². The minimum atomic E-state index is -4.62. The predicted molar refractivity (Wildman–Crippen MR) is 126 cm³/mol. The van der Waals surface area contributed by atoms with E-state index in [4.69, 9.17) is 5.26 Å². The van der Waals surface area contributed by atoms with Gasteiger partial charge in [-0.25, -0.2) is 4.68 Å². The molecule has 0 aliphatic carbocycles. The number of nitriles is 2. The molecule has 2 aromatic carbocycles. The van der Waals surface area contributed by atoms with E-state index in [1.54, 1.807) is 31.2 Å². The van der Waals surface area contributed by atoms with Crippen molar-refractivity contribution in [3.63, 3.8) is 0 Å². The molecule has 4 rings (SSSR count). The maximum absolute atomic E-state index is 13.5. The average Bonchev–Trinajstić information content (AvgIpc) is 3.28. The second-order valence-corrected chi connectivity index (χ2v) is 8.14. The molecule has 1 aliphatic heterocycles. The van der Waals surface area contributed by atoms with E-state index in [1.165, 1.54) is 21.7 Å². The quantitative estimate of drug-likeness (QED) is 0.493. The summed E-state index contributed by atoms with van der Waals surface area (Å²) >= 11 is 0. The van der Waals surface area contributed by atoms with Crippen molar-refractivity contribution in [2.75, 3.05) is 16.8 Å². The number of anilines is 3. The molecule has 1 aromatic heterocycles. The number of halogens is 3. The molecule has 1 aliphatic rings. The Bertz CT molecular complexity index is 1530. The Kier molecular flexibility index (Phi) is 6.86. The molecule has 1 atom stereocenters. The first kappa shape index (κ1) is 25.9. The van der Waals surface area contributed by atoms with Crippen molar-refractivity contribution in [1.29, 1.82) is 10.5 Å². The third kappa shape index (κ3) is 5.03. The lowest BCUT2D eigenvalue weighted by Crippen LogP contribution is -2.31. The van der Waals surface area contributed by atoms with Gasteiger partial charge in [-0.05, 0) is 42.8 Å². The first-order valence-electron chi connectivity index (χ1n) is 11.0. The Hall–Kier alpha value is -5.17. The minimum absolute atomic E-state index is 0.0259. The summed E-state index contributed by atoms with van der Waals surface area (Å²) in [6.07, 6.45) is -4.62. The van der Waals surface area contributed by atoms with E-state index in [0.29, 0.717) is 16.8 Å². The second-order valence-electron chi connectivity index (χ2n) is 8.14. The van der Waals surface area contributed by atoms with Crippen LogP contribution in [0.2, 0.25) is 0 Å². The number of rotatable bonds is 5. The van der Waals surface area contributed by atoms with Crippen LogP contribution >= 0.6 is 0 Å². The monoisotopic (exact) mass is 521 g/mol. The number of benzene rings is 2. The smallest absolute Gasteiger partial charge is 0.416 e. The maximum atomic E-state index is 13.5. The van der Waals surface area contributed by atoms with Gasteiger partial charge in [0.15, 0.2) is 6.61 Å². The van der Waals surface area contributed by atoms with Gasteiger partial charge in [-0.15, -0.1) is 5.10 Å². The highest BCUT2D eigenvalue weighted by Crippen LogP contribution is 2.43. The Morgan fingerprint density at radius 2 is 1.84 bits per heavy atom. The molecular weight excluding hydrogens is 503 g/mol. The number of nitrogens with one attached hydrogen (secondary N) is 1. The van der Waals surface area contributed by atoms with E-state index >= 15 is 0 Å². The molecule has 0 saturated heterocycles. The lowest BCUT2D eigenvalue weighted by Gasteiger charge is -2.34. The molecule has 3 aromatic rings. The summed E-state index contributed by atoms with van der Waals surface area (Å²) in [5.41, 5.74) is 0.534. The predicted octanol–water partition coefficient (Wildman–Crippen LogP) is 4.21. The fourth-order valence-corrected chi connectivity index (χ4v) is 3.93. The second kappa shape index (κ2) is 10.1. The van der Waals surface area contributed by atoms with Crippen LogP contribution in [0, 0.1) is 22.7 Å². The highest BCUT2D eigenvalue weighted by molar-refractivity contribution is 5.91. The fraction of sp³-hybridized carbons (Fsp3) is 0.200. The Morgan fingerprint density at radius 3 is 2.45 bits per heavy atom. The average molecular weight is 521 g/mol. The summed E-state index contributed by atoms with van der Waals surface area (Å²) in [6, 6.07) is 14.1. The molecule has 13 heteroatoms. The first-order valence-corrected chi connectivity index (χ1v) is 11.0. The van der Waals surface area contributed by atoms with Gasteiger partial charge in [0.25, 0.3) is 11.9 Å². The van der Waals surface area contributed by atoms with Crippen molar-refractivity contribution in [3.05, 3.63) is 76.5 Å². The summed E-state index contributed by atoms with van der Waals surface area (Å²) in [7, 11) is 0. The van der Waals surface area contributed by atoms with Crippen molar-refractivity contribution >= 4 is 29.5 Å². The molecular formula is C25H18F3N7O3. The van der Waals surface area contributed by atoms with E-state index in [2.05, 4.69) is 26.2 Å². The van der Waals surface area contributed by atoms with Crippen LogP contribution in [0.1, 0.15) is 36.6 Å². The Morgan fingerprint density at radius 1 is 1.13 bits per heavy atom. The number of nitrogens with zero attached hydrogens (tertiary/aromatic N) is 6. The first-order chi connectivity index (χ1) is 18.0. The largest absolute Gasteiger partial charge is 0.456 e. The number of aromatic nitrogens is 3. The SMILES string of the molecule is CC(=O)OCC(=O)Nc1nc2n(n1)[C@H](c1ccc(C#N)cc1)C(C#N)=C(C)N2c1cccc(C(F)(F)F)c1. The van der Waals surface area contributed by atoms with Gasteiger partial charge in [-0.2, -0.15) is 28.7 Å². The lowest BCUT2D eigenvalue weighted by molar-refractivity contribution is -0.145. The van der Waals surface area contributed by atoms with Crippen molar-refractivity contribution < 1.29 is 27.5 Å². The number of hydrogen-bond acceptors (Lipinski definition) is 8. The van der Waals surface area contributed by atoms with Crippen molar-refractivity contribution in [1.82, 2.24) is 14.8 Å². The molecule has 2 heterocycles. The van der Waals surface area contributed by atoms with E-state index in [0.717, 1.165) is 19.1 Å². The van der Waals surface area contributed by atoms with E-state index in [9.17, 15) is 28.0 Å². The summed E-state index contributed by atoms with van der Waals surface area (Å²) in [4.78, 5) is 28.9. The van der Waals surface area contributed by atoms with Gasteiger partial charge in [0.05, 0.1) is 28.8 Å². The number of carbonyl (C=O) groups excluding carboxylic acids is 2. The van der Waals surface area contributed by atoms with Gasteiger partial charge < -0.3 is 4.74 Å².